The zero-order chi connectivity index (χ0) is 10.4. The van der Waals surface area contributed by atoms with Crippen LogP contribution in [0.25, 0.3) is 0 Å². The minimum atomic E-state index is 0.245. The molecule has 0 aromatic heterocycles. The van der Waals surface area contributed by atoms with Gasteiger partial charge in [-0.05, 0) is 18.6 Å². The van der Waals surface area contributed by atoms with E-state index in [-0.39, 0.29) is 6.10 Å². The van der Waals surface area contributed by atoms with Crippen molar-refractivity contribution in [2.75, 3.05) is 4.43 Å². The Bertz CT molecular complexity index is 296. The van der Waals surface area contributed by atoms with Crippen LogP contribution in [0.5, 0.6) is 5.75 Å². The Balaban J connectivity index is 2.66. The molecule has 76 valence electrons. The second-order valence-corrected chi connectivity index (χ2v) is 4.06. The van der Waals surface area contributed by atoms with Crippen LogP contribution in [0.2, 0.25) is 0 Å². The number of aryl methyl sites for hydroxylation is 1. The molecule has 2 heteroatoms. The first-order valence-electron chi connectivity index (χ1n) is 4.67. The van der Waals surface area contributed by atoms with Crippen molar-refractivity contribution in [3.05, 3.63) is 42.5 Å². The number of hydrogen-bond donors (Lipinski definition) is 0. The molecule has 14 heavy (non-hydrogen) atoms. The molecule has 0 fully saturated rings. The lowest BCUT2D eigenvalue weighted by atomic mass is 10.2. The third-order valence-corrected chi connectivity index (χ3v) is 2.97. The fourth-order valence-electron chi connectivity index (χ4n) is 1.20. The Hall–Kier alpha value is -0.510. The molecule has 0 spiro atoms. The summed E-state index contributed by atoms with van der Waals surface area (Å²) in [5.41, 5.74) is 1.19. The van der Waals surface area contributed by atoms with E-state index in [2.05, 4.69) is 42.2 Å². The summed E-state index contributed by atoms with van der Waals surface area (Å²) in [5, 5.41) is 0. The van der Waals surface area contributed by atoms with E-state index in [4.69, 9.17) is 4.74 Å². The number of hydrogen-bond acceptors (Lipinski definition) is 1. The van der Waals surface area contributed by atoms with Crippen LogP contribution >= 0.6 is 22.6 Å². The van der Waals surface area contributed by atoms with Crippen LogP contribution in [0, 0.1) is 6.92 Å². The van der Waals surface area contributed by atoms with E-state index in [9.17, 15) is 0 Å². The average molecular weight is 302 g/mol. The number of para-hydroxylation sites is 1. The molecule has 1 rings (SSSR count). The van der Waals surface area contributed by atoms with E-state index in [0.717, 1.165) is 16.6 Å². The number of halogens is 1. The molecule has 0 saturated heterocycles. The fourth-order valence-corrected chi connectivity index (χ4v) is 1.74. The monoisotopic (exact) mass is 302 g/mol. The van der Waals surface area contributed by atoms with Crippen molar-refractivity contribution >= 4 is 22.6 Å². The summed E-state index contributed by atoms with van der Waals surface area (Å²) >= 11 is 2.34. The Morgan fingerprint density at radius 2 is 2.21 bits per heavy atom. The largest absolute Gasteiger partial charge is 0.489 e. The lowest BCUT2D eigenvalue weighted by molar-refractivity contribution is 0.231. The SMILES string of the molecule is C=CCC(CI)Oc1ccccc1C. The lowest BCUT2D eigenvalue weighted by Gasteiger charge is -2.16. The molecule has 0 bridgehead atoms. The van der Waals surface area contributed by atoms with Gasteiger partial charge in [-0.15, -0.1) is 6.58 Å². The molecule has 1 aromatic carbocycles. The van der Waals surface area contributed by atoms with Gasteiger partial charge in [0.15, 0.2) is 0 Å². The van der Waals surface area contributed by atoms with Gasteiger partial charge in [0.1, 0.15) is 11.9 Å². The predicted octanol–water partition coefficient (Wildman–Crippen LogP) is 3.75. The van der Waals surface area contributed by atoms with Crippen LogP contribution in [0.15, 0.2) is 36.9 Å². The first-order valence-corrected chi connectivity index (χ1v) is 6.19. The molecule has 0 heterocycles. The Kier molecular flexibility index (Phi) is 5.01. The highest BCUT2D eigenvalue weighted by Crippen LogP contribution is 2.19. The molecule has 0 aliphatic heterocycles. The summed E-state index contributed by atoms with van der Waals surface area (Å²) < 4.78 is 6.84. The maximum Gasteiger partial charge on any atom is 0.122 e. The number of benzene rings is 1. The molecule has 0 saturated carbocycles. The fraction of sp³-hybridized carbons (Fsp3) is 0.333. The van der Waals surface area contributed by atoms with Crippen LogP contribution in [0.4, 0.5) is 0 Å². The summed E-state index contributed by atoms with van der Waals surface area (Å²) in [6, 6.07) is 8.10. The van der Waals surface area contributed by atoms with E-state index in [1.165, 1.54) is 5.56 Å². The average Bonchev–Trinajstić information content (AvgIpc) is 2.20. The number of rotatable bonds is 5. The van der Waals surface area contributed by atoms with Gasteiger partial charge in [-0.3, -0.25) is 0 Å². The third kappa shape index (κ3) is 3.33. The molecule has 0 N–H and O–H groups in total. The molecule has 1 unspecified atom stereocenters. The van der Waals surface area contributed by atoms with Crippen molar-refractivity contribution in [2.24, 2.45) is 0 Å². The maximum absolute atomic E-state index is 5.86. The van der Waals surface area contributed by atoms with Gasteiger partial charge in [0.05, 0.1) is 0 Å². The van der Waals surface area contributed by atoms with Crippen molar-refractivity contribution in [1.29, 1.82) is 0 Å². The van der Waals surface area contributed by atoms with Crippen LogP contribution < -0.4 is 4.74 Å². The zero-order valence-electron chi connectivity index (χ0n) is 8.37. The lowest BCUT2D eigenvalue weighted by Crippen LogP contribution is -2.17. The Labute approximate surface area is 99.3 Å². The molecule has 1 nitrogen and oxygen atoms in total. The maximum atomic E-state index is 5.86. The van der Waals surface area contributed by atoms with E-state index in [0.29, 0.717) is 0 Å². The second kappa shape index (κ2) is 6.06. The normalized spacial score (nSPS) is 12.1. The third-order valence-electron chi connectivity index (χ3n) is 1.99. The molecule has 0 radical (unpaired) electrons. The Morgan fingerprint density at radius 3 is 2.79 bits per heavy atom. The first kappa shape index (κ1) is 11.6. The summed E-state index contributed by atoms with van der Waals surface area (Å²) in [6.07, 6.45) is 3.05. The molecule has 1 aromatic rings. The minimum absolute atomic E-state index is 0.245. The van der Waals surface area contributed by atoms with Gasteiger partial charge < -0.3 is 4.74 Å². The van der Waals surface area contributed by atoms with E-state index in [1.54, 1.807) is 0 Å². The van der Waals surface area contributed by atoms with E-state index in [1.807, 2.05) is 24.3 Å². The minimum Gasteiger partial charge on any atom is -0.489 e. The molecular formula is C12H15IO. The number of ether oxygens (including phenoxy) is 1. The quantitative estimate of drug-likeness (QED) is 0.457. The summed E-state index contributed by atoms with van der Waals surface area (Å²) in [5.74, 6) is 0.982. The van der Waals surface area contributed by atoms with Gasteiger partial charge in [-0.2, -0.15) is 0 Å². The highest BCUT2D eigenvalue weighted by molar-refractivity contribution is 14.1. The van der Waals surface area contributed by atoms with Crippen molar-refractivity contribution in [1.82, 2.24) is 0 Å². The molecule has 1 atom stereocenters. The second-order valence-electron chi connectivity index (χ2n) is 3.18. The summed E-state index contributed by atoms with van der Waals surface area (Å²) in [4.78, 5) is 0. The van der Waals surface area contributed by atoms with Crippen molar-refractivity contribution in [2.45, 2.75) is 19.4 Å². The first-order chi connectivity index (χ1) is 6.77. The zero-order valence-corrected chi connectivity index (χ0v) is 10.5. The molecular weight excluding hydrogens is 287 g/mol. The topological polar surface area (TPSA) is 9.23 Å². The smallest absolute Gasteiger partial charge is 0.122 e. The van der Waals surface area contributed by atoms with Crippen LogP contribution in [-0.2, 0) is 0 Å². The summed E-state index contributed by atoms with van der Waals surface area (Å²) in [7, 11) is 0. The number of alkyl halides is 1. The van der Waals surface area contributed by atoms with Crippen molar-refractivity contribution < 1.29 is 4.74 Å². The highest BCUT2D eigenvalue weighted by atomic mass is 127. The van der Waals surface area contributed by atoms with Gasteiger partial charge in [-0.25, -0.2) is 0 Å². The molecule has 0 aliphatic rings. The standard InChI is InChI=1S/C12H15IO/c1-3-6-11(9-13)14-12-8-5-4-7-10(12)2/h3-5,7-8,11H,1,6,9H2,2H3. The van der Waals surface area contributed by atoms with Gasteiger partial charge in [-0.1, -0.05) is 46.9 Å². The van der Waals surface area contributed by atoms with Crippen LogP contribution in [0.1, 0.15) is 12.0 Å². The summed E-state index contributed by atoms with van der Waals surface area (Å²) in [6.45, 7) is 5.79. The molecule has 0 amide bonds. The van der Waals surface area contributed by atoms with Crippen molar-refractivity contribution in [3.63, 3.8) is 0 Å². The molecule has 0 aliphatic carbocycles. The van der Waals surface area contributed by atoms with E-state index < -0.39 is 0 Å². The van der Waals surface area contributed by atoms with Crippen LogP contribution in [-0.4, -0.2) is 10.5 Å². The Morgan fingerprint density at radius 1 is 1.50 bits per heavy atom. The van der Waals surface area contributed by atoms with Gasteiger partial charge >= 0.3 is 0 Å². The van der Waals surface area contributed by atoms with Gasteiger partial charge in [0.2, 0.25) is 0 Å². The van der Waals surface area contributed by atoms with Gasteiger partial charge in [0, 0.05) is 10.8 Å². The highest BCUT2D eigenvalue weighted by Gasteiger charge is 2.07. The van der Waals surface area contributed by atoms with Crippen molar-refractivity contribution in [3.8, 4) is 5.75 Å². The van der Waals surface area contributed by atoms with Gasteiger partial charge in [0.25, 0.3) is 0 Å². The predicted molar refractivity (Wildman–Crippen MR) is 69.3 cm³/mol. The van der Waals surface area contributed by atoms with E-state index >= 15 is 0 Å². The van der Waals surface area contributed by atoms with Crippen LogP contribution in [0.3, 0.4) is 0 Å².